The number of benzene rings is 1. The van der Waals surface area contributed by atoms with E-state index in [4.69, 9.17) is 4.98 Å². The summed E-state index contributed by atoms with van der Waals surface area (Å²) < 4.78 is 2.23. The summed E-state index contributed by atoms with van der Waals surface area (Å²) in [5.74, 6) is 0.964. The van der Waals surface area contributed by atoms with Crippen LogP contribution >= 0.6 is 0 Å². The molecule has 0 aliphatic carbocycles. The molecule has 1 aromatic heterocycles. The van der Waals surface area contributed by atoms with Gasteiger partial charge in [-0.05, 0) is 25.2 Å². The van der Waals surface area contributed by atoms with Crippen molar-refractivity contribution in [3.05, 3.63) is 30.1 Å². The fourth-order valence-electron chi connectivity index (χ4n) is 2.72. The van der Waals surface area contributed by atoms with Crippen LogP contribution in [0.5, 0.6) is 0 Å². The molecule has 2 rings (SSSR count). The Morgan fingerprint density at radius 2 is 1.88 bits per heavy atom. The number of carbonyl (C=O) groups is 1. The Bertz CT molecular complexity index is 680. The van der Waals surface area contributed by atoms with Gasteiger partial charge < -0.3 is 14.8 Å². The molecular weight excluding hydrogens is 300 g/mol. The first-order valence-electron chi connectivity index (χ1n) is 8.81. The molecule has 1 aromatic carbocycles. The SMILES string of the molecule is CCN(CC)CCn1c(CNC(=O)C(C)(C)C)nc2ccccc21. The molecule has 0 atom stereocenters. The van der Waals surface area contributed by atoms with Gasteiger partial charge in [0.15, 0.2) is 0 Å². The molecule has 0 aliphatic heterocycles. The van der Waals surface area contributed by atoms with Gasteiger partial charge in [-0.1, -0.05) is 46.8 Å². The lowest BCUT2D eigenvalue weighted by Crippen LogP contribution is -2.35. The first-order valence-corrected chi connectivity index (χ1v) is 8.81. The van der Waals surface area contributed by atoms with E-state index in [1.807, 2.05) is 39.0 Å². The van der Waals surface area contributed by atoms with Crippen molar-refractivity contribution in [3.63, 3.8) is 0 Å². The molecule has 0 spiro atoms. The van der Waals surface area contributed by atoms with Gasteiger partial charge in [-0.2, -0.15) is 0 Å². The lowest BCUT2D eigenvalue weighted by Gasteiger charge is -2.20. The van der Waals surface area contributed by atoms with Crippen molar-refractivity contribution in [2.45, 2.75) is 47.7 Å². The highest BCUT2D eigenvalue weighted by atomic mass is 16.2. The Labute approximate surface area is 145 Å². The Morgan fingerprint density at radius 1 is 1.21 bits per heavy atom. The topological polar surface area (TPSA) is 50.2 Å². The fourth-order valence-corrected chi connectivity index (χ4v) is 2.72. The Morgan fingerprint density at radius 3 is 2.50 bits per heavy atom. The first kappa shape index (κ1) is 18.5. The number of rotatable bonds is 7. The van der Waals surface area contributed by atoms with E-state index in [0.29, 0.717) is 6.54 Å². The van der Waals surface area contributed by atoms with Gasteiger partial charge >= 0.3 is 0 Å². The molecule has 2 aromatic rings. The van der Waals surface area contributed by atoms with Crippen LogP contribution in [0.4, 0.5) is 0 Å². The van der Waals surface area contributed by atoms with Crippen molar-refractivity contribution < 1.29 is 4.79 Å². The van der Waals surface area contributed by atoms with Crippen molar-refractivity contribution >= 4 is 16.9 Å². The molecule has 1 N–H and O–H groups in total. The van der Waals surface area contributed by atoms with Crippen LogP contribution in [0.25, 0.3) is 11.0 Å². The Hall–Kier alpha value is -1.88. The summed E-state index contributed by atoms with van der Waals surface area (Å²) in [5, 5.41) is 3.02. The first-order chi connectivity index (χ1) is 11.4. The molecule has 0 saturated carbocycles. The predicted molar refractivity (Wildman–Crippen MR) is 98.8 cm³/mol. The average Bonchev–Trinajstić information content (AvgIpc) is 2.90. The van der Waals surface area contributed by atoms with Gasteiger partial charge in [-0.15, -0.1) is 0 Å². The van der Waals surface area contributed by atoms with Crippen LogP contribution in [0.2, 0.25) is 0 Å². The molecule has 0 radical (unpaired) electrons. The molecule has 5 nitrogen and oxygen atoms in total. The van der Waals surface area contributed by atoms with Crippen molar-refractivity contribution in [1.29, 1.82) is 0 Å². The van der Waals surface area contributed by atoms with E-state index in [9.17, 15) is 4.79 Å². The van der Waals surface area contributed by atoms with Gasteiger partial charge in [0.2, 0.25) is 5.91 Å². The maximum atomic E-state index is 12.2. The second-order valence-corrected chi connectivity index (χ2v) is 7.13. The number of nitrogens with zero attached hydrogens (tertiary/aromatic N) is 3. The number of hydrogen-bond acceptors (Lipinski definition) is 3. The molecule has 0 fully saturated rings. The highest BCUT2D eigenvalue weighted by Gasteiger charge is 2.21. The summed E-state index contributed by atoms with van der Waals surface area (Å²) in [4.78, 5) is 19.3. The van der Waals surface area contributed by atoms with Crippen molar-refractivity contribution in [1.82, 2.24) is 19.8 Å². The summed E-state index contributed by atoms with van der Waals surface area (Å²) >= 11 is 0. The third-order valence-corrected chi connectivity index (χ3v) is 4.36. The minimum atomic E-state index is -0.391. The molecule has 0 saturated heterocycles. The van der Waals surface area contributed by atoms with E-state index in [0.717, 1.165) is 43.0 Å². The third-order valence-electron chi connectivity index (χ3n) is 4.36. The summed E-state index contributed by atoms with van der Waals surface area (Å²) in [7, 11) is 0. The standard InChI is InChI=1S/C19H30N4O/c1-6-22(7-2)12-13-23-16-11-9-8-10-15(16)21-17(23)14-20-18(24)19(3,4)5/h8-11H,6-7,12-14H2,1-5H3,(H,20,24). The van der Waals surface area contributed by atoms with Crippen LogP contribution in [0.3, 0.4) is 0 Å². The van der Waals surface area contributed by atoms with E-state index < -0.39 is 5.41 Å². The molecule has 0 unspecified atom stereocenters. The molecule has 0 bridgehead atoms. The molecule has 0 aliphatic rings. The summed E-state index contributed by atoms with van der Waals surface area (Å²) in [6.07, 6.45) is 0. The van der Waals surface area contributed by atoms with Gasteiger partial charge in [0.1, 0.15) is 5.82 Å². The third kappa shape index (κ3) is 4.35. The van der Waals surface area contributed by atoms with Crippen LogP contribution in [0, 0.1) is 5.41 Å². The highest BCUT2D eigenvalue weighted by Crippen LogP contribution is 2.17. The molecule has 1 amide bonds. The van der Waals surface area contributed by atoms with Crippen molar-refractivity contribution in [2.24, 2.45) is 5.41 Å². The van der Waals surface area contributed by atoms with Gasteiger partial charge in [0.25, 0.3) is 0 Å². The van der Waals surface area contributed by atoms with Gasteiger partial charge in [-0.3, -0.25) is 4.79 Å². The predicted octanol–water partition coefficient (Wildman–Crippen LogP) is 3.04. The number of amides is 1. The number of para-hydroxylation sites is 2. The largest absolute Gasteiger partial charge is 0.348 e. The van der Waals surface area contributed by atoms with Gasteiger partial charge in [-0.25, -0.2) is 4.98 Å². The van der Waals surface area contributed by atoms with Crippen LogP contribution in [0.15, 0.2) is 24.3 Å². The number of nitrogens with one attached hydrogen (secondary N) is 1. The summed E-state index contributed by atoms with van der Waals surface area (Å²) in [6.45, 7) is 14.5. The maximum Gasteiger partial charge on any atom is 0.225 e. The van der Waals surface area contributed by atoms with Gasteiger partial charge in [0, 0.05) is 18.5 Å². The minimum absolute atomic E-state index is 0.0462. The highest BCUT2D eigenvalue weighted by molar-refractivity contribution is 5.81. The molecule has 5 heteroatoms. The minimum Gasteiger partial charge on any atom is -0.348 e. The second kappa shape index (κ2) is 7.79. The van der Waals surface area contributed by atoms with Crippen LogP contribution in [-0.2, 0) is 17.9 Å². The molecule has 24 heavy (non-hydrogen) atoms. The smallest absolute Gasteiger partial charge is 0.225 e. The van der Waals surface area contributed by atoms with E-state index in [2.05, 4.69) is 34.7 Å². The lowest BCUT2D eigenvalue weighted by molar-refractivity contribution is -0.128. The normalized spacial score (nSPS) is 12.1. The average molecular weight is 330 g/mol. The van der Waals surface area contributed by atoms with E-state index in [1.165, 1.54) is 0 Å². The lowest BCUT2D eigenvalue weighted by atomic mass is 9.96. The van der Waals surface area contributed by atoms with Crippen LogP contribution in [0.1, 0.15) is 40.4 Å². The molecule has 132 valence electrons. The number of hydrogen-bond donors (Lipinski definition) is 1. The quantitative estimate of drug-likeness (QED) is 0.849. The van der Waals surface area contributed by atoms with Crippen molar-refractivity contribution in [2.75, 3.05) is 19.6 Å². The van der Waals surface area contributed by atoms with E-state index in [1.54, 1.807) is 0 Å². The molecular formula is C19H30N4O. The Balaban J connectivity index is 2.21. The zero-order valence-corrected chi connectivity index (χ0v) is 15.6. The maximum absolute atomic E-state index is 12.2. The number of carbonyl (C=O) groups excluding carboxylic acids is 1. The number of likely N-dealkylation sites (N-methyl/N-ethyl adjacent to an activating group) is 1. The van der Waals surface area contributed by atoms with Crippen LogP contribution < -0.4 is 5.32 Å². The van der Waals surface area contributed by atoms with E-state index >= 15 is 0 Å². The fraction of sp³-hybridized carbons (Fsp3) is 0.579. The zero-order chi connectivity index (χ0) is 17.7. The Kier molecular flexibility index (Phi) is 5.99. The van der Waals surface area contributed by atoms with Crippen molar-refractivity contribution in [3.8, 4) is 0 Å². The van der Waals surface area contributed by atoms with Gasteiger partial charge in [0.05, 0.1) is 17.6 Å². The van der Waals surface area contributed by atoms with E-state index in [-0.39, 0.29) is 5.91 Å². The number of imidazole rings is 1. The van der Waals surface area contributed by atoms with Crippen LogP contribution in [-0.4, -0.2) is 40.0 Å². The zero-order valence-electron chi connectivity index (χ0n) is 15.6. The summed E-state index contributed by atoms with van der Waals surface area (Å²) in [6, 6.07) is 8.16. The number of aromatic nitrogens is 2. The summed E-state index contributed by atoms with van der Waals surface area (Å²) in [5.41, 5.74) is 1.72. The monoisotopic (exact) mass is 330 g/mol. The molecule has 1 heterocycles. The number of fused-ring (bicyclic) bond motifs is 1. The second-order valence-electron chi connectivity index (χ2n) is 7.13.